The Kier molecular flexibility index (Phi) is 5.86. The number of aromatic nitrogens is 1. The molecule has 1 aliphatic rings. The molecular formula is C24H19N3O6. The van der Waals surface area contributed by atoms with Gasteiger partial charge in [0.25, 0.3) is 17.4 Å². The minimum Gasteiger partial charge on any atom is -0.507 e. The van der Waals surface area contributed by atoms with Crippen molar-refractivity contribution in [3.63, 3.8) is 0 Å². The molecule has 1 N–H and O–H groups in total. The van der Waals surface area contributed by atoms with Gasteiger partial charge in [-0.15, -0.1) is 0 Å². The maximum Gasteiger partial charge on any atom is 0.295 e. The average Bonchev–Trinajstić information content (AvgIpc) is 3.09. The summed E-state index contributed by atoms with van der Waals surface area (Å²) in [6, 6.07) is 14.6. The monoisotopic (exact) mass is 445 g/mol. The summed E-state index contributed by atoms with van der Waals surface area (Å²) in [6.07, 6.45) is 3.14. The molecule has 1 atom stereocenters. The minimum absolute atomic E-state index is 0.0223. The van der Waals surface area contributed by atoms with Gasteiger partial charge in [0, 0.05) is 31.1 Å². The molecule has 3 aromatic rings. The highest BCUT2D eigenvalue weighted by molar-refractivity contribution is 6.46. The summed E-state index contributed by atoms with van der Waals surface area (Å²) in [5.41, 5.74) is 0.844. The smallest absolute Gasteiger partial charge is 0.295 e. The van der Waals surface area contributed by atoms with E-state index in [2.05, 4.69) is 4.98 Å². The van der Waals surface area contributed by atoms with Gasteiger partial charge >= 0.3 is 0 Å². The number of ketones is 1. The van der Waals surface area contributed by atoms with Gasteiger partial charge in [0.1, 0.15) is 11.5 Å². The number of aliphatic hydroxyl groups excluding tert-OH is 1. The number of ether oxygens (including phenoxy) is 1. The minimum atomic E-state index is -1.05. The Morgan fingerprint density at radius 2 is 1.94 bits per heavy atom. The Bertz CT molecular complexity index is 1270. The first kappa shape index (κ1) is 21.7. The zero-order valence-electron chi connectivity index (χ0n) is 17.5. The third-order valence-electron chi connectivity index (χ3n) is 5.37. The van der Waals surface area contributed by atoms with Crippen LogP contribution in [0.15, 0.2) is 78.6 Å². The average molecular weight is 445 g/mol. The van der Waals surface area contributed by atoms with Crippen molar-refractivity contribution in [2.75, 3.05) is 7.11 Å². The maximum absolute atomic E-state index is 13.1. The first-order valence-electron chi connectivity index (χ1n) is 9.97. The number of hydrogen-bond acceptors (Lipinski definition) is 7. The molecular weight excluding hydrogens is 426 g/mol. The van der Waals surface area contributed by atoms with Crippen molar-refractivity contribution < 1.29 is 24.4 Å². The first-order valence-corrected chi connectivity index (χ1v) is 9.97. The third-order valence-corrected chi connectivity index (χ3v) is 5.37. The Labute approximate surface area is 188 Å². The van der Waals surface area contributed by atoms with Gasteiger partial charge in [-0.25, -0.2) is 0 Å². The van der Waals surface area contributed by atoms with E-state index >= 15 is 0 Å². The van der Waals surface area contributed by atoms with E-state index < -0.39 is 28.4 Å². The van der Waals surface area contributed by atoms with Gasteiger partial charge in [0.05, 0.1) is 29.2 Å². The van der Waals surface area contributed by atoms with E-state index in [1.807, 2.05) is 0 Å². The summed E-state index contributed by atoms with van der Waals surface area (Å²) in [7, 11) is 1.42. The van der Waals surface area contributed by atoms with E-state index in [1.54, 1.807) is 54.9 Å². The van der Waals surface area contributed by atoms with Crippen LogP contribution in [0.2, 0.25) is 0 Å². The molecule has 9 heteroatoms. The van der Waals surface area contributed by atoms with Gasteiger partial charge in [-0.2, -0.15) is 0 Å². The Balaban J connectivity index is 1.92. The van der Waals surface area contributed by atoms with Crippen molar-refractivity contribution in [2.24, 2.45) is 0 Å². The molecule has 0 saturated carbocycles. The summed E-state index contributed by atoms with van der Waals surface area (Å²) >= 11 is 0. The summed E-state index contributed by atoms with van der Waals surface area (Å²) in [4.78, 5) is 42.3. The Morgan fingerprint density at radius 1 is 1.15 bits per heavy atom. The van der Waals surface area contributed by atoms with Gasteiger partial charge in [-0.3, -0.25) is 24.7 Å². The number of nitro groups is 1. The molecule has 0 radical (unpaired) electrons. The zero-order valence-corrected chi connectivity index (χ0v) is 17.5. The quantitative estimate of drug-likeness (QED) is 0.202. The van der Waals surface area contributed by atoms with Crippen LogP contribution in [0.1, 0.15) is 22.7 Å². The normalized spacial score (nSPS) is 17.2. The van der Waals surface area contributed by atoms with Crippen LogP contribution in [0.5, 0.6) is 5.75 Å². The van der Waals surface area contributed by atoms with Crippen molar-refractivity contribution in [2.45, 2.75) is 12.6 Å². The largest absolute Gasteiger partial charge is 0.507 e. The van der Waals surface area contributed by atoms with Gasteiger partial charge in [0.2, 0.25) is 0 Å². The lowest BCUT2D eigenvalue weighted by Gasteiger charge is -2.25. The number of methoxy groups -OCH3 is 1. The molecule has 0 bridgehead atoms. The number of aliphatic hydroxyl groups is 1. The van der Waals surface area contributed by atoms with E-state index in [0.717, 1.165) is 0 Å². The van der Waals surface area contributed by atoms with E-state index in [4.69, 9.17) is 4.74 Å². The highest BCUT2D eigenvalue weighted by atomic mass is 16.6. The number of likely N-dealkylation sites (tertiary alicyclic amines) is 1. The topological polar surface area (TPSA) is 123 Å². The van der Waals surface area contributed by atoms with E-state index in [0.29, 0.717) is 16.9 Å². The molecule has 9 nitrogen and oxygen atoms in total. The predicted molar refractivity (Wildman–Crippen MR) is 118 cm³/mol. The first-order chi connectivity index (χ1) is 15.9. The Hall–Kier alpha value is -4.53. The standard InChI is InChI=1S/C24H19N3O6/c1-33-19-10-3-2-9-18(19)22(28)20-21(16-7-4-8-17(12-16)27(31)32)26(24(30)23(20)29)14-15-6-5-11-25-13-15/h2-13,21,28H,14H2,1H3/b22-20+. The van der Waals surface area contributed by atoms with Crippen LogP contribution in [0.3, 0.4) is 0 Å². The van der Waals surface area contributed by atoms with Gasteiger partial charge in [0.15, 0.2) is 0 Å². The summed E-state index contributed by atoms with van der Waals surface area (Å²) in [5.74, 6) is -1.83. The van der Waals surface area contributed by atoms with E-state index in [-0.39, 0.29) is 23.4 Å². The Morgan fingerprint density at radius 3 is 2.64 bits per heavy atom. The molecule has 1 amide bonds. The lowest BCUT2D eigenvalue weighted by Crippen LogP contribution is -2.29. The maximum atomic E-state index is 13.1. The van der Waals surface area contributed by atoms with Crippen LogP contribution in [0, 0.1) is 10.1 Å². The van der Waals surface area contributed by atoms with Gasteiger partial charge < -0.3 is 14.7 Å². The molecule has 1 aromatic heterocycles. The fourth-order valence-electron chi connectivity index (χ4n) is 3.87. The van der Waals surface area contributed by atoms with E-state index in [9.17, 15) is 24.8 Å². The molecule has 33 heavy (non-hydrogen) atoms. The highest BCUT2D eigenvalue weighted by Gasteiger charge is 2.46. The molecule has 1 fully saturated rings. The molecule has 1 unspecified atom stereocenters. The van der Waals surface area contributed by atoms with Crippen LogP contribution >= 0.6 is 0 Å². The summed E-state index contributed by atoms with van der Waals surface area (Å²) in [5, 5.41) is 22.5. The molecule has 2 heterocycles. The SMILES string of the molecule is COc1ccccc1/C(O)=C1\C(=O)C(=O)N(Cc2cccnc2)C1c1cccc([N+](=O)[O-])c1. The second kappa shape index (κ2) is 8.91. The number of pyridine rings is 1. The number of Topliss-reactive ketones (excluding diaryl/α,β-unsaturated/α-hetero) is 1. The number of nitrogens with zero attached hydrogens (tertiary/aromatic N) is 3. The number of hydrogen-bond donors (Lipinski definition) is 1. The van der Waals surface area contributed by atoms with Crippen molar-refractivity contribution in [1.29, 1.82) is 0 Å². The number of carbonyl (C=O) groups excluding carboxylic acids is 2. The molecule has 0 aliphatic carbocycles. The molecule has 4 rings (SSSR count). The lowest BCUT2D eigenvalue weighted by atomic mass is 9.94. The van der Waals surface area contributed by atoms with Crippen molar-refractivity contribution in [3.8, 4) is 5.75 Å². The van der Waals surface area contributed by atoms with Crippen molar-refractivity contribution in [1.82, 2.24) is 9.88 Å². The second-order valence-electron chi connectivity index (χ2n) is 7.34. The fraction of sp³-hybridized carbons (Fsp3) is 0.125. The molecule has 1 saturated heterocycles. The number of non-ortho nitro benzene ring substituents is 1. The zero-order chi connectivity index (χ0) is 23.5. The lowest BCUT2D eigenvalue weighted by molar-refractivity contribution is -0.384. The highest BCUT2D eigenvalue weighted by Crippen LogP contribution is 2.42. The van der Waals surface area contributed by atoms with Gasteiger partial charge in [-0.1, -0.05) is 30.3 Å². The molecule has 2 aromatic carbocycles. The van der Waals surface area contributed by atoms with Gasteiger partial charge in [-0.05, 0) is 29.3 Å². The van der Waals surface area contributed by atoms with Crippen molar-refractivity contribution in [3.05, 3.63) is 105 Å². The van der Waals surface area contributed by atoms with Crippen LogP contribution in [0.25, 0.3) is 5.76 Å². The van der Waals surface area contributed by atoms with Crippen molar-refractivity contribution >= 4 is 23.1 Å². The summed E-state index contributed by atoms with van der Waals surface area (Å²) in [6.45, 7) is 0.0223. The van der Waals surface area contributed by atoms with Crippen LogP contribution in [0.4, 0.5) is 5.69 Å². The van der Waals surface area contributed by atoms with E-state index in [1.165, 1.54) is 30.2 Å². The number of carbonyl (C=O) groups is 2. The van der Waals surface area contributed by atoms with Crippen LogP contribution < -0.4 is 4.74 Å². The number of benzene rings is 2. The molecule has 1 aliphatic heterocycles. The fourth-order valence-corrected chi connectivity index (χ4v) is 3.87. The number of para-hydroxylation sites is 1. The number of amides is 1. The molecule has 0 spiro atoms. The second-order valence-corrected chi connectivity index (χ2v) is 7.34. The summed E-state index contributed by atoms with van der Waals surface area (Å²) < 4.78 is 5.30. The molecule has 166 valence electrons. The van der Waals surface area contributed by atoms with Crippen LogP contribution in [-0.4, -0.2) is 38.7 Å². The van der Waals surface area contributed by atoms with Crippen LogP contribution in [-0.2, 0) is 16.1 Å². The third kappa shape index (κ3) is 4.03. The number of nitro benzene ring substituents is 1. The predicted octanol–water partition coefficient (Wildman–Crippen LogP) is 3.62. The number of rotatable bonds is 6.